The van der Waals surface area contributed by atoms with E-state index in [1.54, 1.807) is 4.90 Å². The van der Waals surface area contributed by atoms with Crippen molar-refractivity contribution in [2.24, 2.45) is 11.8 Å². The van der Waals surface area contributed by atoms with E-state index in [0.29, 0.717) is 19.4 Å². The van der Waals surface area contributed by atoms with Gasteiger partial charge in [-0.05, 0) is 79.7 Å². The first-order valence-corrected chi connectivity index (χ1v) is 13.2. The third-order valence-corrected chi connectivity index (χ3v) is 7.74. The number of ether oxygens (including phenoxy) is 3. The quantitative estimate of drug-likeness (QED) is 0.491. The fraction of sp³-hybridized carbons (Fsp3) is 0.655. The van der Waals surface area contributed by atoms with Gasteiger partial charge >= 0.3 is 12.1 Å². The molecule has 6 atom stereocenters. The molecule has 0 unspecified atom stereocenters. The van der Waals surface area contributed by atoms with E-state index in [0.717, 1.165) is 30.6 Å². The van der Waals surface area contributed by atoms with Crippen LogP contribution in [0.4, 0.5) is 4.79 Å². The van der Waals surface area contributed by atoms with E-state index in [1.807, 2.05) is 45.0 Å². The second-order valence-electron chi connectivity index (χ2n) is 12.0. The average Bonchev–Trinajstić information content (AvgIpc) is 3.27. The van der Waals surface area contributed by atoms with Crippen molar-refractivity contribution >= 4 is 12.1 Å². The van der Waals surface area contributed by atoms with Crippen LogP contribution in [0.3, 0.4) is 0 Å². The van der Waals surface area contributed by atoms with Crippen LogP contribution in [0.1, 0.15) is 85.3 Å². The predicted molar refractivity (Wildman–Crippen MR) is 137 cm³/mol. The number of likely N-dealkylation sites (tertiary alicyclic amines) is 1. The molecular formula is C29H41NO6. The van der Waals surface area contributed by atoms with Gasteiger partial charge in [-0.1, -0.05) is 29.8 Å². The molecule has 3 heterocycles. The Balaban J connectivity index is 1.67. The van der Waals surface area contributed by atoms with E-state index in [2.05, 4.69) is 26.8 Å². The van der Waals surface area contributed by atoms with Crippen LogP contribution >= 0.6 is 0 Å². The van der Waals surface area contributed by atoms with Gasteiger partial charge in [-0.15, -0.1) is 0 Å². The Bertz CT molecular complexity index is 1010. The van der Waals surface area contributed by atoms with Crippen molar-refractivity contribution in [2.45, 2.75) is 103 Å². The van der Waals surface area contributed by atoms with E-state index in [9.17, 15) is 14.7 Å². The molecule has 0 aromatic heterocycles. The largest absolute Gasteiger partial charge is 0.487 e. The van der Waals surface area contributed by atoms with Crippen LogP contribution in [0.2, 0.25) is 0 Å². The summed E-state index contributed by atoms with van der Waals surface area (Å²) in [4.78, 5) is 27.3. The van der Waals surface area contributed by atoms with E-state index in [1.165, 1.54) is 5.57 Å². The van der Waals surface area contributed by atoms with Gasteiger partial charge in [-0.3, -0.25) is 4.79 Å². The number of rotatable bonds is 5. The highest BCUT2D eigenvalue weighted by molar-refractivity contribution is 5.72. The fourth-order valence-corrected chi connectivity index (χ4v) is 6.05. The highest BCUT2D eigenvalue weighted by Crippen LogP contribution is 2.54. The van der Waals surface area contributed by atoms with E-state index in [-0.39, 0.29) is 18.1 Å². The number of carboxylic acid groups (broad SMARTS) is 1. The van der Waals surface area contributed by atoms with Crippen LogP contribution in [0.25, 0.3) is 0 Å². The highest BCUT2D eigenvalue weighted by Gasteiger charge is 2.56. The van der Waals surface area contributed by atoms with Crippen molar-refractivity contribution in [3.63, 3.8) is 0 Å². The van der Waals surface area contributed by atoms with Gasteiger partial charge < -0.3 is 24.2 Å². The van der Waals surface area contributed by atoms with Crippen LogP contribution < -0.4 is 4.74 Å². The molecule has 0 bridgehead atoms. The first kappa shape index (κ1) is 26.5. The molecule has 1 N–H and O–H groups in total. The number of hydrogen-bond donors (Lipinski definition) is 1. The third-order valence-electron chi connectivity index (χ3n) is 7.74. The number of carbonyl (C=O) groups excluding carboxylic acids is 1. The third kappa shape index (κ3) is 5.41. The topological polar surface area (TPSA) is 85.3 Å². The molecule has 7 heteroatoms. The molecule has 7 nitrogen and oxygen atoms in total. The van der Waals surface area contributed by atoms with Gasteiger partial charge in [0.05, 0.1) is 24.2 Å². The van der Waals surface area contributed by atoms with Gasteiger partial charge in [0.1, 0.15) is 17.0 Å². The zero-order valence-corrected chi connectivity index (χ0v) is 22.5. The minimum atomic E-state index is -0.889. The lowest BCUT2D eigenvalue weighted by molar-refractivity contribution is -0.201. The van der Waals surface area contributed by atoms with Gasteiger partial charge in [-0.25, -0.2) is 4.79 Å². The maximum absolute atomic E-state index is 13.0. The molecule has 1 aromatic rings. The maximum atomic E-state index is 13.0. The maximum Gasteiger partial charge on any atom is 0.410 e. The second-order valence-corrected chi connectivity index (χ2v) is 12.0. The van der Waals surface area contributed by atoms with Crippen molar-refractivity contribution in [3.8, 4) is 5.75 Å². The molecule has 1 amide bonds. The summed E-state index contributed by atoms with van der Waals surface area (Å²) in [6.07, 6.45) is 4.41. The summed E-state index contributed by atoms with van der Waals surface area (Å²) in [5.74, 6) is -0.955. The highest BCUT2D eigenvalue weighted by atomic mass is 16.6. The summed E-state index contributed by atoms with van der Waals surface area (Å²) < 4.78 is 19.0. The predicted octanol–water partition coefficient (Wildman–Crippen LogP) is 6.13. The minimum absolute atomic E-state index is 0.119. The Morgan fingerprint density at radius 2 is 1.97 bits per heavy atom. The number of fused-ring (bicyclic) bond motifs is 3. The molecular weight excluding hydrogens is 458 g/mol. The van der Waals surface area contributed by atoms with E-state index in [4.69, 9.17) is 14.2 Å². The van der Waals surface area contributed by atoms with Gasteiger partial charge in [-0.2, -0.15) is 0 Å². The molecule has 0 spiro atoms. The number of carbonyl (C=O) groups is 2. The number of hydrogen-bond acceptors (Lipinski definition) is 5. The Morgan fingerprint density at radius 1 is 1.25 bits per heavy atom. The molecule has 0 saturated carbocycles. The van der Waals surface area contributed by atoms with Crippen molar-refractivity contribution in [3.05, 3.63) is 41.5 Å². The van der Waals surface area contributed by atoms with E-state index < -0.39 is 35.3 Å². The standard InChI is InChI=1S/C29H41NO6/c1-18(2)11-9-15-29(6)21-17-20(26(31)32)25(34-24(21)19-12-7-8-14-23(19)35-29)22-13-10-16-30(22)27(33)36-28(3,4)5/h7-8,11-12,14,20-22,24-25H,9-10,13,15-17H2,1-6H3,(H,31,32)/t20-,21+,22-,24-,25-,29+/m0/s1. The normalized spacial score (nSPS) is 31.6. The molecule has 4 rings (SSSR count). The number of aliphatic carboxylic acids is 1. The first-order chi connectivity index (χ1) is 16.9. The van der Waals surface area contributed by atoms with Gasteiger partial charge in [0.2, 0.25) is 0 Å². The van der Waals surface area contributed by atoms with Gasteiger partial charge in [0.25, 0.3) is 0 Å². The zero-order valence-electron chi connectivity index (χ0n) is 22.5. The van der Waals surface area contributed by atoms with Crippen molar-refractivity contribution in [1.29, 1.82) is 0 Å². The Hall–Kier alpha value is -2.54. The Morgan fingerprint density at radius 3 is 2.64 bits per heavy atom. The number of carboxylic acids is 1. The van der Waals surface area contributed by atoms with E-state index >= 15 is 0 Å². The van der Waals surface area contributed by atoms with Crippen LogP contribution in [0, 0.1) is 11.8 Å². The number of benzene rings is 1. The molecule has 0 aliphatic carbocycles. The summed E-state index contributed by atoms with van der Waals surface area (Å²) in [5, 5.41) is 10.3. The lowest BCUT2D eigenvalue weighted by atomic mass is 9.68. The van der Waals surface area contributed by atoms with Crippen LogP contribution in [0.5, 0.6) is 5.75 Å². The van der Waals surface area contributed by atoms with Crippen molar-refractivity contribution in [1.82, 2.24) is 4.90 Å². The van der Waals surface area contributed by atoms with Crippen LogP contribution in [0.15, 0.2) is 35.9 Å². The lowest BCUT2D eigenvalue weighted by Gasteiger charge is -2.53. The minimum Gasteiger partial charge on any atom is -0.487 e. The molecule has 36 heavy (non-hydrogen) atoms. The summed E-state index contributed by atoms with van der Waals surface area (Å²) >= 11 is 0. The molecule has 2 fully saturated rings. The molecule has 2 saturated heterocycles. The first-order valence-electron chi connectivity index (χ1n) is 13.2. The Kier molecular flexibility index (Phi) is 7.42. The number of allylic oxidation sites excluding steroid dienone is 2. The van der Waals surface area contributed by atoms with Crippen molar-refractivity contribution < 1.29 is 28.9 Å². The molecule has 1 aromatic carbocycles. The molecule has 3 aliphatic heterocycles. The van der Waals surface area contributed by atoms with Crippen LogP contribution in [-0.4, -0.2) is 52.0 Å². The molecule has 198 valence electrons. The van der Waals surface area contributed by atoms with Gasteiger partial charge in [0.15, 0.2) is 0 Å². The number of amides is 1. The summed E-state index contributed by atoms with van der Waals surface area (Å²) in [7, 11) is 0. The Labute approximate surface area is 214 Å². The van der Waals surface area contributed by atoms with Crippen LogP contribution in [-0.2, 0) is 14.3 Å². The summed E-state index contributed by atoms with van der Waals surface area (Å²) in [5.41, 5.74) is 1.02. The second kappa shape index (κ2) is 10.1. The smallest absolute Gasteiger partial charge is 0.410 e. The fourth-order valence-electron chi connectivity index (χ4n) is 6.05. The average molecular weight is 500 g/mol. The summed E-state index contributed by atoms with van der Waals surface area (Å²) in [6, 6.07) is 7.57. The monoisotopic (exact) mass is 499 g/mol. The lowest BCUT2D eigenvalue weighted by Crippen LogP contribution is -2.58. The summed E-state index contributed by atoms with van der Waals surface area (Å²) in [6.45, 7) is 12.3. The van der Waals surface area contributed by atoms with Crippen molar-refractivity contribution in [2.75, 3.05) is 6.54 Å². The molecule has 3 aliphatic rings. The van der Waals surface area contributed by atoms with Gasteiger partial charge in [0, 0.05) is 18.0 Å². The molecule has 0 radical (unpaired) electrons. The number of nitrogens with zero attached hydrogens (tertiary/aromatic N) is 1. The number of para-hydroxylation sites is 1. The SMILES string of the molecule is CC(C)=CCC[C@@]1(C)Oc2ccccc2[C@@H]2O[C@H]([C@@H]3CCCN3C(=O)OC(C)(C)C)[C@@H](C(=O)O)C[C@H]21. The zero-order chi connectivity index (χ0) is 26.3.